The second kappa shape index (κ2) is 7.89. The van der Waals surface area contributed by atoms with Crippen LogP contribution in [0.4, 0.5) is 4.79 Å². The summed E-state index contributed by atoms with van der Waals surface area (Å²) in [6.07, 6.45) is 1.51. The fraction of sp³-hybridized carbons (Fsp3) is 0.0909. The lowest BCUT2D eigenvalue weighted by Crippen LogP contribution is -2.32. The highest BCUT2D eigenvalue weighted by Crippen LogP contribution is 2.34. The third kappa shape index (κ3) is 3.90. The first-order valence-electron chi connectivity index (χ1n) is 8.91. The maximum absolute atomic E-state index is 12.6. The summed E-state index contributed by atoms with van der Waals surface area (Å²) >= 11 is 0.834. The minimum atomic E-state index is -0.408. The average Bonchev–Trinajstić information content (AvgIpc) is 2.98. The van der Waals surface area contributed by atoms with Crippen LogP contribution in [-0.4, -0.2) is 39.4 Å². The molecule has 0 saturated carbocycles. The van der Waals surface area contributed by atoms with Gasteiger partial charge in [0.05, 0.1) is 11.4 Å². The number of rotatable bonds is 5. The molecule has 1 saturated heterocycles. The SMILES string of the molecule is O=C1S/C(=C\c2ccc(O)c(O)c2)C(=O)N1CCOc1cccc2ccccc12. The van der Waals surface area contributed by atoms with Gasteiger partial charge in [0.1, 0.15) is 12.4 Å². The number of phenolic OH excluding ortho intramolecular Hbond substituents is 2. The van der Waals surface area contributed by atoms with Gasteiger partial charge in [0.15, 0.2) is 11.5 Å². The number of hydrogen-bond acceptors (Lipinski definition) is 6. The number of amides is 2. The fourth-order valence-corrected chi connectivity index (χ4v) is 3.91. The Hall–Kier alpha value is -3.45. The van der Waals surface area contributed by atoms with Crippen molar-refractivity contribution in [3.8, 4) is 17.2 Å². The van der Waals surface area contributed by atoms with Gasteiger partial charge in [-0.15, -0.1) is 0 Å². The highest BCUT2D eigenvalue weighted by atomic mass is 32.2. The van der Waals surface area contributed by atoms with Gasteiger partial charge in [0.25, 0.3) is 11.1 Å². The van der Waals surface area contributed by atoms with E-state index in [0.717, 1.165) is 27.4 Å². The second-order valence-electron chi connectivity index (χ2n) is 6.41. The number of carbonyl (C=O) groups excluding carboxylic acids is 2. The molecule has 0 atom stereocenters. The third-order valence-electron chi connectivity index (χ3n) is 4.49. The zero-order chi connectivity index (χ0) is 20.4. The molecule has 0 bridgehead atoms. The van der Waals surface area contributed by atoms with Gasteiger partial charge in [-0.05, 0) is 47.0 Å². The monoisotopic (exact) mass is 407 g/mol. The summed E-state index contributed by atoms with van der Waals surface area (Å²) in [5, 5.41) is 20.6. The third-order valence-corrected chi connectivity index (χ3v) is 5.40. The fourth-order valence-electron chi connectivity index (χ4n) is 3.04. The van der Waals surface area contributed by atoms with E-state index in [0.29, 0.717) is 11.3 Å². The number of nitrogens with zero attached hydrogens (tertiary/aromatic N) is 1. The highest BCUT2D eigenvalue weighted by Gasteiger charge is 2.34. The van der Waals surface area contributed by atoms with Crippen molar-refractivity contribution in [2.75, 3.05) is 13.2 Å². The van der Waals surface area contributed by atoms with Crippen molar-refractivity contribution >= 4 is 39.8 Å². The first-order valence-corrected chi connectivity index (χ1v) is 9.72. The second-order valence-corrected chi connectivity index (χ2v) is 7.40. The van der Waals surface area contributed by atoms with E-state index in [4.69, 9.17) is 4.74 Å². The van der Waals surface area contributed by atoms with Crippen molar-refractivity contribution in [2.45, 2.75) is 0 Å². The Bertz CT molecular complexity index is 1140. The van der Waals surface area contributed by atoms with Crippen molar-refractivity contribution < 1.29 is 24.5 Å². The molecule has 1 aliphatic heterocycles. The molecule has 3 aromatic rings. The normalized spacial score (nSPS) is 15.4. The Morgan fingerprint density at radius 2 is 1.76 bits per heavy atom. The molecule has 0 spiro atoms. The van der Waals surface area contributed by atoms with Crippen LogP contribution in [0.3, 0.4) is 0 Å². The van der Waals surface area contributed by atoms with E-state index in [9.17, 15) is 19.8 Å². The molecule has 2 N–H and O–H groups in total. The highest BCUT2D eigenvalue weighted by molar-refractivity contribution is 8.18. The molecule has 1 aliphatic rings. The number of ether oxygens (including phenoxy) is 1. The molecule has 3 aromatic carbocycles. The molecule has 29 heavy (non-hydrogen) atoms. The zero-order valence-corrected chi connectivity index (χ0v) is 16.1. The van der Waals surface area contributed by atoms with Crippen molar-refractivity contribution in [3.63, 3.8) is 0 Å². The van der Waals surface area contributed by atoms with Crippen molar-refractivity contribution in [1.82, 2.24) is 4.90 Å². The van der Waals surface area contributed by atoms with Gasteiger partial charge in [0.2, 0.25) is 0 Å². The molecule has 146 valence electrons. The van der Waals surface area contributed by atoms with Gasteiger partial charge >= 0.3 is 0 Å². The summed E-state index contributed by atoms with van der Waals surface area (Å²) in [7, 11) is 0. The average molecular weight is 407 g/mol. The van der Waals surface area contributed by atoms with Crippen LogP contribution in [0.25, 0.3) is 16.8 Å². The van der Waals surface area contributed by atoms with E-state index in [2.05, 4.69) is 0 Å². The quantitative estimate of drug-likeness (QED) is 0.483. The van der Waals surface area contributed by atoms with E-state index < -0.39 is 5.91 Å². The lowest BCUT2D eigenvalue weighted by molar-refractivity contribution is -0.123. The summed E-state index contributed by atoms with van der Waals surface area (Å²) in [6, 6.07) is 17.8. The molecule has 0 aliphatic carbocycles. The number of fused-ring (bicyclic) bond motifs is 1. The van der Waals surface area contributed by atoms with E-state index in [1.807, 2.05) is 42.5 Å². The van der Waals surface area contributed by atoms with Gasteiger partial charge in [-0.2, -0.15) is 0 Å². The molecular formula is C22H17NO5S. The predicted octanol–water partition coefficient (Wildman–Crippen LogP) is 4.37. The molecule has 2 amide bonds. The van der Waals surface area contributed by atoms with Gasteiger partial charge in [0, 0.05) is 5.39 Å². The van der Waals surface area contributed by atoms with Crippen molar-refractivity contribution in [1.29, 1.82) is 0 Å². The number of imide groups is 1. The van der Waals surface area contributed by atoms with Crippen LogP contribution < -0.4 is 4.74 Å². The topological polar surface area (TPSA) is 87.1 Å². The maximum atomic E-state index is 12.6. The van der Waals surface area contributed by atoms with E-state index in [1.165, 1.54) is 18.2 Å². The minimum absolute atomic E-state index is 0.131. The first-order chi connectivity index (χ1) is 14.0. The minimum Gasteiger partial charge on any atom is -0.504 e. The van der Waals surface area contributed by atoms with Crippen molar-refractivity contribution in [2.24, 2.45) is 0 Å². The van der Waals surface area contributed by atoms with Gasteiger partial charge in [-0.3, -0.25) is 14.5 Å². The van der Waals surface area contributed by atoms with Crippen LogP contribution in [0.2, 0.25) is 0 Å². The Balaban J connectivity index is 1.44. The molecule has 1 fully saturated rings. The molecule has 0 radical (unpaired) electrons. The summed E-state index contributed by atoms with van der Waals surface area (Å²) < 4.78 is 5.82. The van der Waals surface area contributed by atoms with Gasteiger partial charge in [-0.25, -0.2) is 0 Å². The lowest BCUT2D eigenvalue weighted by Gasteiger charge is -2.14. The molecule has 1 heterocycles. The summed E-state index contributed by atoms with van der Waals surface area (Å²) in [5.41, 5.74) is 0.512. The molecular weight excluding hydrogens is 390 g/mol. The van der Waals surface area contributed by atoms with E-state index >= 15 is 0 Å². The molecule has 6 nitrogen and oxygen atoms in total. The van der Waals surface area contributed by atoms with Gasteiger partial charge in [-0.1, -0.05) is 42.5 Å². The van der Waals surface area contributed by atoms with Crippen LogP contribution in [-0.2, 0) is 4.79 Å². The molecule has 4 rings (SSSR count). The summed E-state index contributed by atoms with van der Waals surface area (Å²) in [5.74, 6) is -0.249. The number of carbonyl (C=O) groups is 2. The Labute approximate surface area is 171 Å². The summed E-state index contributed by atoms with van der Waals surface area (Å²) in [6.45, 7) is 0.311. The summed E-state index contributed by atoms with van der Waals surface area (Å²) in [4.78, 5) is 26.2. The number of phenols is 2. The lowest BCUT2D eigenvalue weighted by atomic mass is 10.1. The molecule has 0 unspecified atom stereocenters. The smallest absolute Gasteiger partial charge is 0.293 e. The number of thioether (sulfide) groups is 1. The maximum Gasteiger partial charge on any atom is 0.293 e. The molecule has 0 aromatic heterocycles. The zero-order valence-electron chi connectivity index (χ0n) is 15.2. The van der Waals surface area contributed by atoms with Crippen LogP contribution in [0.15, 0.2) is 65.6 Å². The number of benzene rings is 3. The Kier molecular flexibility index (Phi) is 5.14. The van der Waals surface area contributed by atoms with Crippen LogP contribution >= 0.6 is 11.8 Å². The Morgan fingerprint density at radius 1 is 0.966 bits per heavy atom. The predicted molar refractivity (Wildman–Crippen MR) is 112 cm³/mol. The largest absolute Gasteiger partial charge is 0.504 e. The van der Waals surface area contributed by atoms with E-state index in [-0.39, 0.29) is 34.8 Å². The van der Waals surface area contributed by atoms with Gasteiger partial charge < -0.3 is 14.9 Å². The first kappa shape index (κ1) is 18.9. The molecule has 7 heteroatoms. The Morgan fingerprint density at radius 3 is 2.59 bits per heavy atom. The van der Waals surface area contributed by atoms with Crippen LogP contribution in [0.5, 0.6) is 17.2 Å². The van der Waals surface area contributed by atoms with Crippen molar-refractivity contribution in [3.05, 3.63) is 71.1 Å². The van der Waals surface area contributed by atoms with E-state index in [1.54, 1.807) is 6.07 Å². The van der Waals surface area contributed by atoms with Crippen LogP contribution in [0.1, 0.15) is 5.56 Å². The number of aromatic hydroxyl groups is 2. The standard InChI is InChI=1S/C22H17NO5S/c24-17-9-8-14(12-18(17)25)13-20-21(26)23(22(27)29-20)10-11-28-19-7-3-5-15-4-1-2-6-16(15)19/h1-9,12-13,24-25H,10-11H2/b20-13-. The van der Waals surface area contributed by atoms with Crippen LogP contribution in [0, 0.1) is 0 Å². The number of hydrogen-bond donors (Lipinski definition) is 2.